The number of benzene rings is 1. The van der Waals surface area contributed by atoms with Crippen LogP contribution in [-0.2, 0) is 0 Å². The summed E-state index contributed by atoms with van der Waals surface area (Å²) in [5.41, 5.74) is 6.47. The molecule has 23 heavy (non-hydrogen) atoms. The predicted molar refractivity (Wildman–Crippen MR) is 93.8 cm³/mol. The van der Waals surface area contributed by atoms with Crippen LogP contribution in [0.25, 0.3) is 11.0 Å². The molecule has 0 unspecified atom stereocenters. The van der Waals surface area contributed by atoms with Crippen LogP contribution in [0.15, 0.2) is 24.5 Å². The third-order valence-electron chi connectivity index (χ3n) is 3.33. The topological polar surface area (TPSA) is 72.1 Å². The largest absolute Gasteiger partial charge is 0.341 e. The molecule has 2 aromatic rings. The minimum atomic E-state index is -0.502. The van der Waals surface area contributed by atoms with E-state index in [4.69, 9.17) is 5.73 Å². The Hall–Kier alpha value is -1.50. The maximum atomic E-state index is 13.7. The van der Waals surface area contributed by atoms with E-state index in [-0.39, 0.29) is 41.7 Å². The third-order valence-corrected chi connectivity index (χ3v) is 3.33. The molecule has 128 valence electrons. The first kappa shape index (κ1) is 21.5. The average molecular weight is 363 g/mol. The smallest absolute Gasteiger partial charge is 0.255 e. The van der Waals surface area contributed by atoms with Crippen molar-refractivity contribution in [1.82, 2.24) is 14.9 Å². The molecule has 8 heteroatoms. The molecule has 1 aromatic heterocycles. The van der Waals surface area contributed by atoms with Gasteiger partial charge in [0, 0.05) is 32.1 Å². The van der Waals surface area contributed by atoms with Crippen molar-refractivity contribution in [2.75, 3.05) is 20.1 Å². The molecular formula is C15H21Cl2FN4O. The van der Waals surface area contributed by atoms with Crippen LogP contribution >= 0.6 is 24.8 Å². The highest BCUT2D eigenvalue weighted by molar-refractivity contribution is 6.04. The summed E-state index contributed by atoms with van der Waals surface area (Å²) in [6.07, 6.45) is 2.96. The van der Waals surface area contributed by atoms with Crippen molar-refractivity contribution in [2.24, 2.45) is 11.1 Å². The summed E-state index contributed by atoms with van der Waals surface area (Å²) in [4.78, 5) is 22.3. The fourth-order valence-electron chi connectivity index (χ4n) is 2.19. The van der Waals surface area contributed by atoms with Gasteiger partial charge in [0.15, 0.2) is 0 Å². The Morgan fingerprint density at radius 3 is 2.48 bits per heavy atom. The number of amides is 1. The van der Waals surface area contributed by atoms with E-state index in [2.05, 4.69) is 9.97 Å². The van der Waals surface area contributed by atoms with Gasteiger partial charge >= 0.3 is 0 Å². The lowest BCUT2D eigenvalue weighted by atomic mass is 9.93. The van der Waals surface area contributed by atoms with Crippen molar-refractivity contribution in [1.29, 1.82) is 0 Å². The molecule has 0 aliphatic carbocycles. The van der Waals surface area contributed by atoms with Gasteiger partial charge in [0.05, 0.1) is 11.1 Å². The first-order chi connectivity index (χ1) is 9.84. The average Bonchev–Trinajstić information content (AvgIpc) is 2.45. The Morgan fingerprint density at radius 2 is 1.87 bits per heavy atom. The molecule has 0 fully saturated rings. The molecule has 0 saturated carbocycles. The van der Waals surface area contributed by atoms with Crippen LogP contribution in [0.1, 0.15) is 24.2 Å². The molecule has 0 saturated heterocycles. The van der Waals surface area contributed by atoms with Crippen LogP contribution in [0.2, 0.25) is 0 Å². The Bertz CT molecular complexity index is 682. The minimum absolute atomic E-state index is 0. The van der Waals surface area contributed by atoms with Gasteiger partial charge in [-0.1, -0.05) is 13.8 Å². The number of nitrogens with two attached hydrogens (primary N) is 1. The first-order valence-corrected chi connectivity index (χ1v) is 6.70. The molecule has 0 bridgehead atoms. The van der Waals surface area contributed by atoms with E-state index in [1.807, 2.05) is 13.8 Å². The highest BCUT2D eigenvalue weighted by Gasteiger charge is 2.24. The first-order valence-electron chi connectivity index (χ1n) is 6.70. The number of hydrogen-bond acceptors (Lipinski definition) is 4. The summed E-state index contributed by atoms with van der Waals surface area (Å²) in [5, 5.41) is 0. The fraction of sp³-hybridized carbons (Fsp3) is 0.400. The molecule has 0 spiro atoms. The minimum Gasteiger partial charge on any atom is -0.341 e. The highest BCUT2D eigenvalue weighted by Crippen LogP contribution is 2.20. The van der Waals surface area contributed by atoms with E-state index < -0.39 is 5.82 Å². The van der Waals surface area contributed by atoms with Gasteiger partial charge in [-0.15, -0.1) is 24.8 Å². The summed E-state index contributed by atoms with van der Waals surface area (Å²) >= 11 is 0. The lowest BCUT2D eigenvalue weighted by Crippen LogP contribution is -2.39. The number of fused-ring (bicyclic) bond motifs is 1. The second kappa shape index (κ2) is 8.38. The van der Waals surface area contributed by atoms with Crippen LogP contribution in [0.5, 0.6) is 0 Å². The third kappa shape index (κ3) is 4.99. The van der Waals surface area contributed by atoms with Crippen molar-refractivity contribution in [3.05, 3.63) is 35.9 Å². The maximum absolute atomic E-state index is 13.7. The van der Waals surface area contributed by atoms with Gasteiger partial charge in [0.2, 0.25) is 0 Å². The van der Waals surface area contributed by atoms with Crippen molar-refractivity contribution in [3.8, 4) is 0 Å². The predicted octanol–water partition coefficient (Wildman–Crippen LogP) is 2.67. The van der Waals surface area contributed by atoms with Crippen molar-refractivity contribution >= 4 is 41.8 Å². The monoisotopic (exact) mass is 362 g/mol. The molecule has 2 rings (SSSR count). The summed E-state index contributed by atoms with van der Waals surface area (Å²) in [5.74, 6) is -0.792. The fourth-order valence-corrected chi connectivity index (χ4v) is 2.19. The van der Waals surface area contributed by atoms with Crippen molar-refractivity contribution in [2.45, 2.75) is 13.8 Å². The van der Waals surface area contributed by atoms with Gasteiger partial charge in [0.25, 0.3) is 5.91 Å². The number of aromatic nitrogens is 2. The van der Waals surface area contributed by atoms with Gasteiger partial charge in [-0.2, -0.15) is 0 Å². The molecule has 0 atom stereocenters. The van der Waals surface area contributed by atoms with Gasteiger partial charge in [0.1, 0.15) is 11.3 Å². The van der Waals surface area contributed by atoms with E-state index >= 15 is 0 Å². The van der Waals surface area contributed by atoms with E-state index in [1.54, 1.807) is 7.05 Å². The highest BCUT2D eigenvalue weighted by atomic mass is 35.5. The van der Waals surface area contributed by atoms with E-state index in [9.17, 15) is 9.18 Å². The Labute approximate surface area is 147 Å². The zero-order valence-electron chi connectivity index (χ0n) is 13.2. The van der Waals surface area contributed by atoms with Gasteiger partial charge < -0.3 is 10.6 Å². The summed E-state index contributed by atoms with van der Waals surface area (Å²) < 4.78 is 13.7. The number of hydrogen-bond donors (Lipinski definition) is 1. The lowest BCUT2D eigenvalue weighted by molar-refractivity contribution is 0.0742. The van der Waals surface area contributed by atoms with Crippen molar-refractivity contribution in [3.63, 3.8) is 0 Å². The van der Waals surface area contributed by atoms with Gasteiger partial charge in [-0.3, -0.25) is 14.8 Å². The normalized spacial score (nSPS) is 10.7. The van der Waals surface area contributed by atoms with Crippen LogP contribution < -0.4 is 5.73 Å². The van der Waals surface area contributed by atoms with Gasteiger partial charge in [-0.25, -0.2) is 4.39 Å². The molecule has 0 aliphatic rings. The van der Waals surface area contributed by atoms with Crippen LogP contribution in [0, 0.1) is 11.2 Å². The second-order valence-corrected chi connectivity index (χ2v) is 5.91. The van der Waals surface area contributed by atoms with Gasteiger partial charge in [-0.05, 0) is 18.0 Å². The summed E-state index contributed by atoms with van der Waals surface area (Å²) in [7, 11) is 1.67. The lowest BCUT2D eigenvalue weighted by Gasteiger charge is -2.29. The van der Waals surface area contributed by atoms with Crippen LogP contribution in [0.4, 0.5) is 4.39 Å². The number of nitrogens with zero attached hydrogens (tertiary/aromatic N) is 3. The molecule has 2 N–H and O–H groups in total. The number of halogens is 3. The molecular weight excluding hydrogens is 342 g/mol. The summed E-state index contributed by atoms with van der Waals surface area (Å²) in [6, 6.07) is 2.47. The Balaban J connectivity index is 0.00000242. The van der Waals surface area contributed by atoms with Crippen LogP contribution in [-0.4, -0.2) is 40.9 Å². The SMILES string of the molecule is CN(CC(C)(C)CN)C(=O)c1cc(F)cc2nccnc12.Cl.Cl. The Morgan fingerprint density at radius 1 is 1.26 bits per heavy atom. The molecule has 1 heterocycles. The number of carbonyl (C=O) groups is 1. The van der Waals surface area contributed by atoms with E-state index in [1.165, 1.54) is 29.4 Å². The zero-order chi connectivity index (χ0) is 15.6. The molecule has 5 nitrogen and oxygen atoms in total. The van der Waals surface area contributed by atoms with Crippen molar-refractivity contribution < 1.29 is 9.18 Å². The standard InChI is InChI=1S/C15H19FN4O.2ClH/c1-15(2,8-17)9-20(3)14(21)11-6-10(16)7-12-13(11)19-5-4-18-12;;/h4-7H,8-9,17H2,1-3H3;2*1H. The Kier molecular flexibility index (Phi) is 7.83. The van der Waals surface area contributed by atoms with E-state index in [0.29, 0.717) is 24.1 Å². The number of carbonyl (C=O) groups excluding carboxylic acids is 1. The zero-order valence-corrected chi connectivity index (χ0v) is 14.9. The molecule has 1 amide bonds. The van der Waals surface area contributed by atoms with Crippen LogP contribution in [0.3, 0.4) is 0 Å². The summed E-state index contributed by atoms with van der Waals surface area (Å²) in [6.45, 7) is 4.87. The second-order valence-electron chi connectivity index (χ2n) is 5.91. The molecule has 0 radical (unpaired) electrons. The molecule has 0 aliphatic heterocycles. The maximum Gasteiger partial charge on any atom is 0.255 e. The van der Waals surface area contributed by atoms with E-state index in [0.717, 1.165) is 0 Å². The quantitative estimate of drug-likeness (QED) is 0.907. The molecule has 1 aromatic carbocycles. The number of rotatable bonds is 4.